The van der Waals surface area contributed by atoms with E-state index in [1.807, 2.05) is 25.7 Å². The lowest BCUT2D eigenvalue weighted by atomic mass is 9.84. The van der Waals surface area contributed by atoms with Gasteiger partial charge < -0.3 is 10.2 Å². The van der Waals surface area contributed by atoms with Crippen LogP contribution in [0.1, 0.15) is 60.3 Å². The van der Waals surface area contributed by atoms with Gasteiger partial charge >= 0.3 is 0 Å². The molecule has 0 spiro atoms. The van der Waals surface area contributed by atoms with Crippen LogP contribution in [0.2, 0.25) is 0 Å². The Hall–Kier alpha value is -1.06. The third-order valence-corrected chi connectivity index (χ3v) is 5.15. The van der Waals surface area contributed by atoms with Crippen LogP contribution in [0.5, 0.6) is 0 Å². The molecule has 2 rings (SSSR count). The molecule has 1 aliphatic heterocycles. The fourth-order valence-electron chi connectivity index (χ4n) is 3.55. The molecule has 4 nitrogen and oxygen atoms in total. The molecule has 2 aliphatic rings. The number of hydrogen-bond acceptors (Lipinski definition) is 2. The minimum Gasteiger partial charge on any atom is -0.342 e. The van der Waals surface area contributed by atoms with E-state index in [4.69, 9.17) is 0 Å². The maximum absolute atomic E-state index is 12.9. The van der Waals surface area contributed by atoms with Gasteiger partial charge in [-0.2, -0.15) is 0 Å². The first kappa shape index (κ1) is 16.3. The molecule has 1 aliphatic carbocycles. The standard InChI is InChI=1S/C17H30N2O2/c1-6-7-12(4)10-19-15(20)14(11(2)3)18-16(21)17(19,5)13-8-9-13/h11-14H,6-10H2,1-5H3,(H,18,21). The maximum atomic E-state index is 12.9. The maximum Gasteiger partial charge on any atom is 0.246 e. The molecule has 1 heterocycles. The monoisotopic (exact) mass is 294 g/mol. The number of hydrogen-bond donors (Lipinski definition) is 1. The lowest BCUT2D eigenvalue weighted by Gasteiger charge is -2.48. The fraction of sp³-hybridized carbons (Fsp3) is 0.882. The first-order chi connectivity index (χ1) is 9.82. The molecular formula is C17H30N2O2. The largest absolute Gasteiger partial charge is 0.342 e. The highest BCUT2D eigenvalue weighted by molar-refractivity contribution is 6.00. The zero-order chi connectivity index (χ0) is 15.8. The van der Waals surface area contributed by atoms with Crippen LogP contribution in [0.25, 0.3) is 0 Å². The molecule has 2 amide bonds. The molecule has 3 atom stereocenters. The third-order valence-electron chi connectivity index (χ3n) is 5.15. The normalized spacial score (nSPS) is 31.5. The Bertz CT molecular complexity index is 417. The molecule has 120 valence electrons. The van der Waals surface area contributed by atoms with E-state index in [0.717, 1.165) is 25.7 Å². The van der Waals surface area contributed by atoms with Gasteiger partial charge in [0.1, 0.15) is 11.6 Å². The van der Waals surface area contributed by atoms with Gasteiger partial charge in [0.05, 0.1) is 0 Å². The van der Waals surface area contributed by atoms with E-state index in [9.17, 15) is 9.59 Å². The second-order valence-corrected chi connectivity index (χ2v) is 7.46. The number of carbonyl (C=O) groups excluding carboxylic acids is 2. The van der Waals surface area contributed by atoms with Gasteiger partial charge in [0.2, 0.25) is 11.8 Å². The summed E-state index contributed by atoms with van der Waals surface area (Å²) in [5.41, 5.74) is -0.634. The molecular weight excluding hydrogens is 264 g/mol. The average molecular weight is 294 g/mol. The molecule has 2 fully saturated rings. The molecule has 0 radical (unpaired) electrons. The van der Waals surface area contributed by atoms with Gasteiger partial charge in [-0.3, -0.25) is 9.59 Å². The Morgan fingerprint density at radius 3 is 2.38 bits per heavy atom. The van der Waals surface area contributed by atoms with E-state index in [2.05, 4.69) is 19.2 Å². The van der Waals surface area contributed by atoms with Crippen LogP contribution in [0.3, 0.4) is 0 Å². The second kappa shape index (κ2) is 5.98. The topological polar surface area (TPSA) is 49.4 Å². The summed E-state index contributed by atoms with van der Waals surface area (Å²) in [6.07, 6.45) is 4.33. The van der Waals surface area contributed by atoms with Crippen LogP contribution in [0.15, 0.2) is 0 Å². The highest BCUT2D eigenvalue weighted by Crippen LogP contribution is 2.45. The van der Waals surface area contributed by atoms with Gasteiger partial charge in [-0.25, -0.2) is 0 Å². The molecule has 0 aromatic rings. The van der Waals surface area contributed by atoms with E-state index >= 15 is 0 Å². The van der Waals surface area contributed by atoms with E-state index in [1.165, 1.54) is 0 Å². The number of carbonyl (C=O) groups is 2. The number of piperazine rings is 1. The number of amides is 2. The molecule has 4 heteroatoms. The van der Waals surface area contributed by atoms with E-state index in [1.54, 1.807) is 0 Å². The summed E-state index contributed by atoms with van der Waals surface area (Å²) in [6.45, 7) is 11.0. The van der Waals surface area contributed by atoms with Crippen molar-refractivity contribution in [1.82, 2.24) is 10.2 Å². The average Bonchev–Trinajstić information content (AvgIpc) is 3.23. The summed E-state index contributed by atoms with van der Waals surface area (Å²) in [6, 6.07) is -0.363. The van der Waals surface area contributed by atoms with Crippen LogP contribution in [0, 0.1) is 17.8 Å². The van der Waals surface area contributed by atoms with Gasteiger partial charge in [-0.1, -0.05) is 34.1 Å². The summed E-state index contributed by atoms with van der Waals surface area (Å²) < 4.78 is 0. The smallest absolute Gasteiger partial charge is 0.246 e. The van der Waals surface area contributed by atoms with Crippen molar-refractivity contribution in [3.63, 3.8) is 0 Å². The molecule has 21 heavy (non-hydrogen) atoms. The fourth-order valence-corrected chi connectivity index (χ4v) is 3.55. The van der Waals surface area contributed by atoms with E-state index in [-0.39, 0.29) is 23.8 Å². The Morgan fingerprint density at radius 2 is 1.90 bits per heavy atom. The molecule has 0 bridgehead atoms. The molecule has 0 aromatic heterocycles. The van der Waals surface area contributed by atoms with Crippen molar-refractivity contribution in [1.29, 1.82) is 0 Å². The Labute approximate surface area is 128 Å². The lowest BCUT2D eigenvalue weighted by Crippen LogP contribution is -2.71. The summed E-state index contributed by atoms with van der Waals surface area (Å²) in [4.78, 5) is 27.5. The van der Waals surface area contributed by atoms with Crippen molar-refractivity contribution >= 4 is 11.8 Å². The van der Waals surface area contributed by atoms with Crippen LogP contribution in [-0.4, -0.2) is 34.8 Å². The first-order valence-corrected chi connectivity index (χ1v) is 8.44. The second-order valence-electron chi connectivity index (χ2n) is 7.46. The highest BCUT2D eigenvalue weighted by atomic mass is 16.2. The van der Waals surface area contributed by atoms with Gasteiger partial charge in [-0.05, 0) is 43.9 Å². The number of nitrogens with one attached hydrogen (secondary N) is 1. The predicted octanol–water partition coefficient (Wildman–Crippen LogP) is 2.57. The number of rotatable bonds is 6. The van der Waals surface area contributed by atoms with Gasteiger partial charge in [-0.15, -0.1) is 0 Å². The predicted molar refractivity (Wildman–Crippen MR) is 83.7 cm³/mol. The first-order valence-electron chi connectivity index (χ1n) is 8.44. The Morgan fingerprint density at radius 1 is 1.29 bits per heavy atom. The number of nitrogens with zero attached hydrogens (tertiary/aromatic N) is 1. The van der Waals surface area contributed by atoms with Crippen molar-refractivity contribution in [2.24, 2.45) is 17.8 Å². The van der Waals surface area contributed by atoms with Gasteiger partial charge in [0.15, 0.2) is 0 Å². The van der Waals surface area contributed by atoms with Gasteiger partial charge in [0, 0.05) is 6.54 Å². The lowest BCUT2D eigenvalue weighted by molar-refractivity contribution is -0.160. The molecule has 3 unspecified atom stereocenters. The molecule has 0 aromatic carbocycles. The van der Waals surface area contributed by atoms with E-state index in [0.29, 0.717) is 18.4 Å². The van der Waals surface area contributed by atoms with Crippen LogP contribution in [0.4, 0.5) is 0 Å². The van der Waals surface area contributed by atoms with E-state index < -0.39 is 5.54 Å². The molecule has 1 saturated heterocycles. The van der Waals surface area contributed by atoms with Gasteiger partial charge in [0.25, 0.3) is 0 Å². The molecule has 1 N–H and O–H groups in total. The highest BCUT2D eigenvalue weighted by Gasteiger charge is 2.57. The van der Waals surface area contributed by atoms with Crippen molar-refractivity contribution in [3.05, 3.63) is 0 Å². The third kappa shape index (κ3) is 2.95. The summed E-state index contributed by atoms with van der Waals surface area (Å²) >= 11 is 0. The minimum atomic E-state index is -0.634. The quantitative estimate of drug-likeness (QED) is 0.818. The Balaban J connectivity index is 2.26. The Kier molecular flexibility index (Phi) is 4.64. The van der Waals surface area contributed by atoms with Crippen LogP contribution >= 0.6 is 0 Å². The summed E-state index contributed by atoms with van der Waals surface area (Å²) in [5, 5.41) is 2.98. The van der Waals surface area contributed by atoms with Crippen molar-refractivity contribution in [2.45, 2.75) is 71.9 Å². The van der Waals surface area contributed by atoms with Crippen LogP contribution in [-0.2, 0) is 9.59 Å². The molecule has 1 saturated carbocycles. The minimum absolute atomic E-state index is 0.0481. The summed E-state index contributed by atoms with van der Waals surface area (Å²) in [5.74, 6) is 1.07. The van der Waals surface area contributed by atoms with Crippen molar-refractivity contribution in [3.8, 4) is 0 Å². The SMILES string of the molecule is CCCC(C)CN1C(=O)C(C(C)C)NC(=O)C1(C)C1CC1. The van der Waals surface area contributed by atoms with Crippen molar-refractivity contribution < 1.29 is 9.59 Å². The van der Waals surface area contributed by atoms with Crippen LogP contribution < -0.4 is 5.32 Å². The zero-order valence-electron chi connectivity index (χ0n) is 14.1. The zero-order valence-corrected chi connectivity index (χ0v) is 14.1. The van der Waals surface area contributed by atoms with Crippen molar-refractivity contribution in [2.75, 3.05) is 6.54 Å². The summed E-state index contributed by atoms with van der Waals surface area (Å²) in [7, 11) is 0.